The lowest BCUT2D eigenvalue weighted by Gasteiger charge is -2.13. The van der Waals surface area contributed by atoms with E-state index in [9.17, 15) is 4.79 Å². The van der Waals surface area contributed by atoms with E-state index in [-0.39, 0.29) is 11.9 Å². The summed E-state index contributed by atoms with van der Waals surface area (Å²) in [6, 6.07) is 7.68. The number of nitrogens with zero attached hydrogens (tertiary/aromatic N) is 1. The molecule has 1 unspecified atom stereocenters. The summed E-state index contributed by atoms with van der Waals surface area (Å²) in [4.78, 5) is 16.8. The molecule has 0 spiro atoms. The number of benzene rings is 1. The maximum absolute atomic E-state index is 12.1. The lowest BCUT2D eigenvalue weighted by atomic mass is 10.1. The van der Waals surface area contributed by atoms with Gasteiger partial charge in [0.1, 0.15) is 4.88 Å². The molecule has 1 aromatic carbocycles. The molecule has 0 saturated heterocycles. The number of nitrogens with two attached hydrogens (primary N) is 1. The molecule has 5 heteroatoms. The Kier molecular flexibility index (Phi) is 5.09. The van der Waals surface area contributed by atoms with Crippen LogP contribution in [0.1, 0.15) is 38.8 Å². The highest BCUT2D eigenvalue weighted by Crippen LogP contribution is 2.17. The second-order valence-electron chi connectivity index (χ2n) is 4.57. The number of hydrogen-bond acceptors (Lipinski definition) is 4. The van der Waals surface area contributed by atoms with Crippen LogP contribution < -0.4 is 11.1 Å². The summed E-state index contributed by atoms with van der Waals surface area (Å²) in [7, 11) is 0. The number of thiazole rings is 1. The van der Waals surface area contributed by atoms with Crippen molar-refractivity contribution in [1.29, 1.82) is 0 Å². The molecule has 0 radical (unpaired) electrons. The third kappa shape index (κ3) is 4.15. The Morgan fingerprint density at radius 2 is 2.33 bits per heavy atom. The highest BCUT2D eigenvalue weighted by molar-refractivity contribution is 7.13. The van der Waals surface area contributed by atoms with E-state index in [1.54, 1.807) is 6.20 Å². The SMILES string of the molecule is Cc1ncc(C(=O)NC(C)c2cccc(C#CCN)c2)s1. The maximum atomic E-state index is 12.1. The first kappa shape index (κ1) is 15.2. The molecule has 1 amide bonds. The molecule has 4 nitrogen and oxygen atoms in total. The number of hydrogen-bond donors (Lipinski definition) is 2. The summed E-state index contributed by atoms with van der Waals surface area (Å²) in [5.74, 6) is 5.71. The summed E-state index contributed by atoms with van der Waals surface area (Å²) >= 11 is 1.39. The average Bonchev–Trinajstić information content (AvgIpc) is 2.92. The Balaban J connectivity index is 2.09. The zero-order chi connectivity index (χ0) is 15.2. The van der Waals surface area contributed by atoms with Crippen molar-refractivity contribution in [3.05, 3.63) is 51.5 Å². The van der Waals surface area contributed by atoms with Crippen LogP contribution in [-0.4, -0.2) is 17.4 Å². The molecule has 1 heterocycles. The molecule has 1 aromatic heterocycles. The summed E-state index contributed by atoms with van der Waals surface area (Å²) in [6.07, 6.45) is 1.60. The minimum atomic E-state index is -0.105. The van der Waals surface area contributed by atoms with E-state index < -0.39 is 0 Å². The van der Waals surface area contributed by atoms with Crippen LogP contribution in [-0.2, 0) is 0 Å². The van der Waals surface area contributed by atoms with Gasteiger partial charge in [0.2, 0.25) is 0 Å². The normalized spacial score (nSPS) is 11.4. The summed E-state index contributed by atoms with van der Waals surface area (Å²) < 4.78 is 0. The fourth-order valence-electron chi connectivity index (χ4n) is 1.86. The van der Waals surface area contributed by atoms with Gasteiger partial charge in [-0.25, -0.2) is 4.98 Å². The fraction of sp³-hybridized carbons (Fsp3) is 0.250. The van der Waals surface area contributed by atoms with Gasteiger partial charge >= 0.3 is 0 Å². The molecule has 0 aliphatic heterocycles. The molecular formula is C16H17N3OS. The molecule has 1 atom stereocenters. The number of carbonyl (C=O) groups excluding carboxylic acids is 1. The Labute approximate surface area is 128 Å². The molecule has 0 fully saturated rings. The lowest BCUT2D eigenvalue weighted by Crippen LogP contribution is -2.25. The highest BCUT2D eigenvalue weighted by Gasteiger charge is 2.13. The fourth-order valence-corrected chi connectivity index (χ4v) is 2.54. The summed E-state index contributed by atoms with van der Waals surface area (Å²) in [5, 5.41) is 3.85. The smallest absolute Gasteiger partial charge is 0.263 e. The quantitative estimate of drug-likeness (QED) is 0.854. The van der Waals surface area contributed by atoms with Gasteiger partial charge in [-0.15, -0.1) is 11.3 Å². The van der Waals surface area contributed by atoms with Crippen molar-refractivity contribution in [2.45, 2.75) is 19.9 Å². The monoisotopic (exact) mass is 299 g/mol. The van der Waals surface area contributed by atoms with Crippen molar-refractivity contribution >= 4 is 17.2 Å². The van der Waals surface area contributed by atoms with E-state index in [4.69, 9.17) is 5.73 Å². The van der Waals surface area contributed by atoms with Gasteiger partial charge in [0, 0.05) is 5.56 Å². The van der Waals surface area contributed by atoms with Gasteiger partial charge in [0.05, 0.1) is 23.8 Å². The van der Waals surface area contributed by atoms with Gasteiger partial charge in [-0.05, 0) is 31.5 Å². The first-order valence-electron chi connectivity index (χ1n) is 6.62. The van der Waals surface area contributed by atoms with Gasteiger partial charge in [0.15, 0.2) is 0 Å². The number of aromatic nitrogens is 1. The molecule has 0 bridgehead atoms. The summed E-state index contributed by atoms with van der Waals surface area (Å²) in [5.41, 5.74) is 7.27. The number of amides is 1. The molecule has 0 saturated carbocycles. The van der Waals surface area contributed by atoms with Crippen molar-refractivity contribution in [1.82, 2.24) is 10.3 Å². The lowest BCUT2D eigenvalue weighted by molar-refractivity contribution is 0.0944. The highest BCUT2D eigenvalue weighted by atomic mass is 32.1. The van der Waals surface area contributed by atoms with E-state index in [1.165, 1.54) is 11.3 Å². The Hall–Kier alpha value is -2.16. The van der Waals surface area contributed by atoms with E-state index in [0.717, 1.165) is 16.1 Å². The van der Waals surface area contributed by atoms with Crippen LogP contribution >= 0.6 is 11.3 Å². The third-order valence-electron chi connectivity index (χ3n) is 2.91. The van der Waals surface area contributed by atoms with Gasteiger partial charge < -0.3 is 11.1 Å². The largest absolute Gasteiger partial charge is 0.345 e. The molecule has 21 heavy (non-hydrogen) atoms. The van der Waals surface area contributed by atoms with Gasteiger partial charge in [0.25, 0.3) is 5.91 Å². The molecule has 0 aliphatic carbocycles. The van der Waals surface area contributed by atoms with Crippen molar-refractivity contribution in [2.24, 2.45) is 5.73 Å². The zero-order valence-electron chi connectivity index (χ0n) is 12.0. The second kappa shape index (κ2) is 7.02. The zero-order valence-corrected chi connectivity index (χ0v) is 12.8. The number of rotatable bonds is 3. The predicted molar refractivity (Wildman–Crippen MR) is 85.1 cm³/mol. The number of carbonyl (C=O) groups is 1. The van der Waals surface area contributed by atoms with Crippen molar-refractivity contribution in [2.75, 3.05) is 6.54 Å². The van der Waals surface area contributed by atoms with Crippen LogP contribution in [0, 0.1) is 18.8 Å². The molecule has 3 N–H and O–H groups in total. The topological polar surface area (TPSA) is 68.0 Å². The van der Waals surface area contributed by atoms with Crippen LogP contribution in [0.5, 0.6) is 0 Å². The van der Waals surface area contributed by atoms with E-state index in [2.05, 4.69) is 22.1 Å². The number of nitrogens with one attached hydrogen (secondary N) is 1. The predicted octanol–water partition coefficient (Wildman–Crippen LogP) is 2.25. The van der Waals surface area contributed by atoms with Gasteiger partial charge in [-0.3, -0.25) is 4.79 Å². The Bertz CT molecular complexity index is 697. The molecule has 2 rings (SSSR count). The Morgan fingerprint density at radius 1 is 1.52 bits per heavy atom. The Morgan fingerprint density at radius 3 is 3.00 bits per heavy atom. The van der Waals surface area contributed by atoms with Crippen molar-refractivity contribution in [3.8, 4) is 11.8 Å². The summed E-state index contributed by atoms with van der Waals surface area (Å²) in [6.45, 7) is 4.16. The van der Waals surface area contributed by atoms with Crippen LogP contribution in [0.25, 0.3) is 0 Å². The molecular weight excluding hydrogens is 282 g/mol. The van der Waals surface area contributed by atoms with Crippen LogP contribution in [0.15, 0.2) is 30.5 Å². The van der Waals surface area contributed by atoms with E-state index in [0.29, 0.717) is 11.4 Å². The molecule has 2 aromatic rings. The second-order valence-corrected chi connectivity index (χ2v) is 5.80. The van der Waals surface area contributed by atoms with Crippen LogP contribution in [0.4, 0.5) is 0 Å². The minimum absolute atomic E-state index is 0.0977. The third-order valence-corrected chi connectivity index (χ3v) is 3.83. The maximum Gasteiger partial charge on any atom is 0.263 e. The average molecular weight is 299 g/mol. The first-order chi connectivity index (χ1) is 10.1. The first-order valence-corrected chi connectivity index (χ1v) is 7.44. The standard InChI is InChI=1S/C16H17N3OS/c1-11(19-16(20)15-10-18-12(2)21-15)14-7-3-5-13(9-14)6-4-8-17/h3,5,7,9-11H,8,17H2,1-2H3,(H,19,20). The van der Waals surface area contributed by atoms with Crippen LogP contribution in [0.3, 0.4) is 0 Å². The minimum Gasteiger partial charge on any atom is -0.345 e. The molecule has 108 valence electrons. The molecule has 0 aliphatic rings. The van der Waals surface area contributed by atoms with E-state index >= 15 is 0 Å². The van der Waals surface area contributed by atoms with Gasteiger partial charge in [-0.2, -0.15) is 0 Å². The van der Waals surface area contributed by atoms with Crippen molar-refractivity contribution < 1.29 is 4.79 Å². The van der Waals surface area contributed by atoms with E-state index in [1.807, 2.05) is 38.1 Å². The van der Waals surface area contributed by atoms with Crippen molar-refractivity contribution in [3.63, 3.8) is 0 Å². The number of aryl methyl sites for hydroxylation is 1. The van der Waals surface area contributed by atoms with Crippen LogP contribution in [0.2, 0.25) is 0 Å². The van der Waals surface area contributed by atoms with Gasteiger partial charge in [-0.1, -0.05) is 24.0 Å².